The number of halogens is 1. The lowest BCUT2D eigenvalue weighted by Crippen LogP contribution is -2.23. The quantitative estimate of drug-likeness (QED) is 0.665. The molecule has 6 heteroatoms. The number of amides is 1. The Bertz CT molecular complexity index is 1040. The van der Waals surface area contributed by atoms with Crippen molar-refractivity contribution >= 4 is 28.3 Å². The Kier molecular flexibility index (Phi) is 4.62. The third-order valence-corrected chi connectivity index (χ3v) is 4.86. The van der Waals surface area contributed by atoms with Crippen LogP contribution in [0.1, 0.15) is 36.0 Å². The van der Waals surface area contributed by atoms with Crippen LogP contribution < -0.4 is 16.3 Å². The van der Waals surface area contributed by atoms with E-state index in [0.717, 1.165) is 31.1 Å². The summed E-state index contributed by atoms with van der Waals surface area (Å²) < 4.78 is 18.5. The Balaban J connectivity index is 1.76. The summed E-state index contributed by atoms with van der Waals surface area (Å²) in [5, 5.41) is 6.81. The van der Waals surface area contributed by atoms with Crippen LogP contribution in [0.5, 0.6) is 0 Å². The fraction of sp³-hybridized carbons (Fsp3) is 0.238. The van der Waals surface area contributed by atoms with Crippen LogP contribution in [0.2, 0.25) is 0 Å². The first-order chi connectivity index (χ1) is 13.1. The number of hydrogen-bond donors (Lipinski definition) is 2. The monoisotopic (exact) mass is 366 g/mol. The number of carbonyl (C=O) groups excluding carboxylic acids is 1. The molecule has 1 aliphatic carbocycles. The zero-order chi connectivity index (χ0) is 18.8. The highest BCUT2D eigenvalue weighted by molar-refractivity contribution is 6.08. The summed E-state index contributed by atoms with van der Waals surface area (Å²) in [5.41, 5.74) is 0.752. The molecule has 27 heavy (non-hydrogen) atoms. The summed E-state index contributed by atoms with van der Waals surface area (Å²) >= 11 is 0. The summed E-state index contributed by atoms with van der Waals surface area (Å²) in [5.74, 6) is -0.924. The number of carbonyl (C=O) groups is 1. The lowest BCUT2D eigenvalue weighted by Gasteiger charge is -2.18. The fourth-order valence-corrected chi connectivity index (χ4v) is 3.47. The lowest BCUT2D eigenvalue weighted by molar-refractivity contribution is 0.102. The Morgan fingerprint density at radius 2 is 1.70 bits per heavy atom. The van der Waals surface area contributed by atoms with E-state index in [1.165, 1.54) is 24.3 Å². The minimum absolute atomic E-state index is 0.0786. The van der Waals surface area contributed by atoms with Crippen molar-refractivity contribution in [3.63, 3.8) is 0 Å². The molecule has 1 fully saturated rings. The van der Waals surface area contributed by atoms with Crippen molar-refractivity contribution in [3.05, 3.63) is 70.3 Å². The van der Waals surface area contributed by atoms with Gasteiger partial charge in [0.15, 0.2) is 5.69 Å². The normalized spacial score (nSPS) is 14.4. The Labute approximate surface area is 155 Å². The molecule has 1 aliphatic rings. The van der Waals surface area contributed by atoms with E-state index in [9.17, 15) is 14.0 Å². The predicted octanol–water partition coefficient (Wildman–Crippen LogP) is 4.54. The molecule has 0 bridgehead atoms. The number of fused-ring (bicyclic) bond motifs is 1. The second-order valence-electron chi connectivity index (χ2n) is 6.72. The van der Waals surface area contributed by atoms with E-state index >= 15 is 0 Å². The summed E-state index contributed by atoms with van der Waals surface area (Å²) in [6, 6.07) is 12.6. The van der Waals surface area contributed by atoms with Crippen LogP contribution in [0.3, 0.4) is 0 Å². The Hall–Kier alpha value is -3.15. The van der Waals surface area contributed by atoms with Gasteiger partial charge in [0, 0.05) is 17.0 Å². The number of para-hydroxylation sites is 1. The molecule has 4 rings (SSSR count). The molecule has 3 aromatic rings. The summed E-state index contributed by atoms with van der Waals surface area (Å²) in [6.45, 7) is 0. The van der Waals surface area contributed by atoms with Gasteiger partial charge in [-0.25, -0.2) is 9.18 Å². The van der Waals surface area contributed by atoms with E-state index in [1.54, 1.807) is 12.1 Å². The third kappa shape index (κ3) is 3.56. The van der Waals surface area contributed by atoms with Gasteiger partial charge >= 0.3 is 5.63 Å². The van der Waals surface area contributed by atoms with E-state index in [0.29, 0.717) is 11.3 Å². The van der Waals surface area contributed by atoms with Crippen molar-refractivity contribution in [2.45, 2.75) is 31.7 Å². The molecule has 2 aromatic carbocycles. The van der Waals surface area contributed by atoms with Crippen molar-refractivity contribution in [1.82, 2.24) is 0 Å². The van der Waals surface area contributed by atoms with E-state index in [-0.39, 0.29) is 17.3 Å². The minimum atomic E-state index is -0.621. The van der Waals surface area contributed by atoms with Crippen molar-refractivity contribution in [2.24, 2.45) is 0 Å². The van der Waals surface area contributed by atoms with Gasteiger partial charge in [-0.1, -0.05) is 25.0 Å². The van der Waals surface area contributed by atoms with Crippen LogP contribution in [0.4, 0.5) is 15.8 Å². The van der Waals surface area contributed by atoms with Crippen molar-refractivity contribution in [1.29, 1.82) is 0 Å². The molecule has 0 atom stereocenters. The largest absolute Gasteiger partial charge is 0.421 e. The number of hydrogen-bond acceptors (Lipinski definition) is 4. The van der Waals surface area contributed by atoms with Crippen LogP contribution in [0.15, 0.2) is 57.7 Å². The van der Waals surface area contributed by atoms with Gasteiger partial charge in [0.1, 0.15) is 11.4 Å². The van der Waals surface area contributed by atoms with Gasteiger partial charge in [-0.05, 0) is 49.2 Å². The summed E-state index contributed by atoms with van der Waals surface area (Å²) in [6.07, 6.45) is 4.29. The van der Waals surface area contributed by atoms with E-state index in [4.69, 9.17) is 4.42 Å². The Morgan fingerprint density at radius 1 is 1.00 bits per heavy atom. The van der Waals surface area contributed by atoms with Gasteiger partial charge in [-0.15, -0.1) is 0 Å². The molecular formula is C21H19FN2O3. The second kappa shape index (κ2) is 7.23. The van der Waals surface area contributed by atoms with E-state index in [2.05, 4.69) is 10.6 Å². The molecule has 1 aromatic heterocycles. The molecule has 0 saturated heterocycles. The molecule has 2 N–H and O–H groups in total. The fourth-order valence-electron chi connectivity index (χ4n) is 3.47. The van der Waals surface area contributed by atoms with Crippen LogP contribution in [-0.4, -0.2) is 11.9 Å². The highest BCUT2D eigenvalue weighted by Crippen LogP contribution is 2.32. The highest BCUT2D eigenvalue weighted by Gasteiger charge is 2.22. The molecule has 0 radical (unpaired) electrons. The number of nitrogens with one attached hydrogen (secondary N) is 2. The third-order valence-electron chi connectivity index (χ3n) is 4.86. The zero-order valence-electron chi connectivity index (χ0n) is 14.6. The molecule has 1 saturated carbocycles. The van der Waals surface area contributed by atoms with E-state index in [1.807, 2.05) is 12.1 Å². The standard InChI is InChI=1S/C21H19FN2O3/c22-14-11-9-13(10-12-14)20(25)24-19-18(23-15-5-1-2-6-15)16-7-3-4-8-17(16)27-21(19)26/h3-4,7-12,15,23H,1-2,5-6H2,(H,24,25). The summed E-state index contributed by atoms with van der Waals surface area (Å²) in [7, 11) is 0. The topological polar surface area (TPSA) is 71.3 Å². The molecule has 1 amide bonds. The maximum Gasteiger partial charge on any atom is 0.362 e. The molecule has 0 spiro atoms. The zero-order valence-corrected chi connectivity index (χ0v) is 14.6. The van der Waals surface area contributed by atoms with Crippen LogP contribution >= 0.6 is 0 Å². The maximum atomic E-state index is 13.1. The Morgan fingerprint density at radius 3 is 2.44 bits per heavy atom. The molecule has 0 unspecified atom stereocenters. The highest BCUT2D eigenvalue weighted by atomic mass is 19.1. The van der Waals surface area contributed by atoms with Gasteiger partial charge in [0.05, 0.1) is 5.69 Å². The molecule has 138 valence electrons. The predicted molar refractivity (Wildman–Crippen MR) is 103 cm³/mol. The first-order valence-corrected chi connectivity index (χ1v) is 9.01. The first-order valence-electron chi connectivity index (χ1n) is 9.01. The van der Waals surface area contributed by atoms with E-state index < -0.39 is 17.3 Å². The molecule has 1 heterocycles. The second-order valence-corrected chi connectivity index (χ2v) is 6.72. The minimum Gasteiger partial charge on any atom is -0.421 e. The molecule has 0 aliphatic heterocycles. The SMILES string of the molecule is O=C(Nc1c(NC2CCCC2)c2ccccc2oc1=O)c1ccc(F)cc1. The van der Waals surface area contributed by atoms with Gasteiger partial charge in [0.2, 0.25) is 0 Å². The average Bonchev–Trinajstić information content (AvgIpc) is 3.18. The van der Waals surface area contributed by atoms with Crippen LogP contribution in [0, 0.1) is 5.82 Å². The average molecular weight is 366 g/mol. The number of anilines is 2. The van der Waals surface area contributed by atoms with Crippen LogP contribution in [0.25, 0.3) is 11.0 Å². The van der Waals surface area contributed by atoms with Gasteiger partial charge in [0.25, 0.3) is 5.91 Å². The van der Waals surface area contributed by atoms with Gasteiger partial charge < -0.3 is 15.1 Å². The first kappa shape index (κ1) is 17.3. The lowest BCUT2D eigenvalue weighted by atomic mass is 10.1. The van der Waals surface area contributed by atoms with Crippen molar-refractivity contribution in [2.75, 3.05) is 10.6 Å². The van der Waals surface area contributed by atoms with Crippen molar-refractivity contribution < 1.29 is 13.6 Å². The van der Waals surface area contributed by atoms with Crippen LogP contribution in [-0.2, 0) is 0 Å². The number of benzene rings is 2. The van der Waals surface area contributed by atoms with Crippen molar-refractivity contribution in [3.8, 4) is 0 Å². The number of rotatable bonds is 4. The maximum absolute atomic E-state index is 13.1. The summed E-state index contributed by atoms with van der Waals surface area (Å²) in [4.78, 5) is 25.1. The molecular weight excluding hydrogens is 347 g/mol. The van der Waals surface area contributed by atoms with Gasteiger partial charge in [-0.2, -0.15) is 0 Å². The van der Waals surface area contributed by atoms with Gasteiger partial charge in [-0.3, -0.25) is 4.79 Å². The smallest absolute Gasteiger partial charge is 0.362 e. The molecule has 5 nitrogen and oxygen atoms in total.